The van der Waals surface area contributed by atoms with Crippen LogP contribution >= 0.6 is 0 Å². The zero-order chi connectivity index (χ0) is 20.0. The molecule has 4 heterocycles. The Morgan fingerprint density at radius 2 is 2.03 bits per heavy atom. The maximum atomic E-state index is 13.2. The summed E-state index contributed by atoms with van der Waals surface area (Å²) in [7, 11) is 0. The Morgan fingerprint density at radius 3 is 2.83 bits per heavy atom. The Hall–Kier alpha value is -2.15. The van der Waals surface area contributed by atoms with Gasteiger partial charge in [-0.1, -0.05) is 19.8 Å². The smallest absolute Gasteiger partial charge is 0.277 e. The molecule has 7 nitrogen and oxygen atoms in total. The van der Waals surface area contributed by atoms with Crippen LogP contribution in [0.15, 0.2) is 10.9 Å². The number of aromatic nitrogens is 3. The summed E-state index contributed by atoms with van der Waals surface area (Å²) < 4.78 is 1.63. The summed E-state index contributed by atoms with van der Waals surface area (Å²) in [6, 6.07) is 2.65. The standard InChI is InChI=1S/C22H31N5O2/c1-2-21(28)26-10-5-6-15(13-26)19-12-20-23-18-9-11-25(16-7-3-4-8-16)14-17(18)22(29)27(20)24-19/h12,15-16,24H,2-11,13-14H2,1H3/t15-/m1/s1. The maximum Gasteiger partial charge on any atom is 0.277 e. The monoisotopic (exact) mass is 397 g/mol. The summed E-state index contributed by atoms with van der Waals surface area (Å²) in [5.41, 5.74) is 3.63. The lowest BCUT2D eigenvalue weighted by Gasteiger charge is -2.32. The third-order valence-electron chi connectivity index (χ3n) is 7.17. The third kappa shape index (κ3) is 3.39. The van der Waals surface area contributed by atoms with E-state index >= 15 is 0 Å². The van der Waals surface area contributed by atoms with Crippen LogP contribution in [0.4, 0.5) is 0 Å². The molecule has 1 saturated carbocycles. The number of amides is 1. The highest BCUT2D eigenvalue weighted by molar-refractivity contribution is 5.76. The highest BCUT2D eigenvalue weighted by atomic mass is 16.2. The molecule has 7 heteroatoms. The first-order chi connectivity index (χ1) is 14.1. The summed E-state index contributed by atoms with van der Waals surface area (Å²) in [5.74, 6) is 0.455. The van der Waals surface area contributed by atoms with Crippen LogP contribution in [0.2, 0.25) is 0 Å². The molecular formula is C22H31N5O2. The summed E-state index contributed by atoms with van der Waals surface area (Å²) >= 11 is 0. The number of aromatic amines is 1. The van der Waals surface area contributed by atoms with Crippen LogP contribution in [0.25, 0.3) is 5.65 Å². The first-order valence-electron chi connectivity index (χ1n) is 11.3. The van der Waals surface area contributed by atoms with Gasteiger partial charge in [0.05, 0.1) is 11.3 Å². The maximum absolute atomic E-state index is 13.2. The quantitative estimate of drug-likeness (QED) is 0.863. The zero-order valence-electron chi connectivity index (χ0n) is 17.3. The van der Waals surface area contributed by atoms with Gasteiger partial charge in [0.1, 0.15) is 0 Å². The van der Waals surface area contributed by atoms with Crippen molar-refractivity contribution in [3.05, 3.63) is 33.4 Å². The van der Waals surface area contributed by atoms with E-state index in [1.807, 2.05) is 17.9 Å². The molecule has 2 aliphatic heterocycles. The predicted molar refractivity (Wildman–Crippen MR) is 111 cm³/mol. The second-order valence-corrected chi connectivity index (χ2v) is 8.94. The number of H-pyrrole nitrogens is 1. The number of nitrogens with zero attached hydrogens (tertiary/aromatic N) is 4. The fraction of sp³-hybridized carbons (Fsp3) is 0.682. The van der Waals surface area contributed by atoms with Gasteiger partial charge >= 0.3 is 0 Å². The SMILES string of the molecule is CCC(=O)N1CCC[C@@H](c2cc3nc4c(c(=O)n3[nH]2)CN(C2CCCC2)CC4)C1. The molecule has 5 rings (SSSR count). The van der Waals surface area contributed by atoms with E-state index in [1.54, 1.807) is 4.52 Å². The van der Waals surface area contributed by atoms with Crippen molar-refractivity contribution >= 4 is 11.6 Å². The summed E-state index contributed by atoms with van der Waals surface area (Å²) in [6.07, 6.45) is 8.57. The lowest BCUT2D eigenvalue weighted by Crippen LogP contribution is -2.41. The fourth-order valence-electron chi connectivity index (χ4n) is 5.49. The Morgan fingerprint density at radius 1 is 1.21 bits per heavy atom. The number of fused-ring (bicyclic) bond motifs is 2. The molecule has 2 aromatic heterocycles. The molecule has 29 heavy (non-hydrogen) atoms. The molecule has 1 amide bonds. The number of rotatable bonds is 3. The highest BCUT2D eigenvalue weighted by Crippen LogP contribution is 2.29. The zero-order valence-corrected chi connectivity index (χ0v) is 17.3. The van der Waals surface area contributed by atoms with E-state index in [4.69, 9.17) is 4.98 Å². The Balaban J connectivity index is 1.43. The number of carbonyl (C=O) groups is 1. The van der Waals surface area contributed by atoms with Gasteiger partial charge in [-0.05, 0) is 25.7 Å². The number of hydrogen-bond acceptors (Lipinski definition) is 4. The van der Waals surface area contributed by atoms with Crippen molar-refractivity contribution in [2.45, 2.75) is 76.8 Å². The van der Waals surface area contributed by atoms with E-state index < -0.39 is 0 Å². The minimum atomic E-state index is 0.0521. The van der Waals surface area contributed by atoms with Crippen LogP contribution in [0.3, 0.4) is 0 Å². The normalized spacial score (nSPS) is 23.6. The lowest BCUT2D eigenvalue weighted by molar-refractivity contribution is -0.132. The summed E-state index contributed by atoms with van der Waals surface area (Å²) in [5, 5.41) is 3.33. The molecule has 1 N–H and O–H groups in total. The van der Waals surface area contributed by atoms with E-state index in [9.17, 15) is 9.59 Å². The van der Waals surface area contributed by atoms with E-state index in [0.29, 0.717) is 12.5 Å². The predicted octanol–water partition coefficient (Wildman–Crippen LogP) is 2.44. The van der Waals surface area contributed by atoms with Gasteiger partial charge in [-0.25, -0.2) is 9.50 Å². The number of nitrogens with one attached hydrogen (secondary N) is 1. The molecule has 0 spiro atoms. The average Bonchev–Trinajstić information content (AvgIpc) is 3.43. The van der Waals surface area contributed by atoms with E-state index in [-0.39, 0.29) is 17.4 Å². The molecule has 156 valence electrons. The van der Waals surface area contributed by atoms with Crippen LogP contribution in [-0.4, -0.2) is 56.0 Å². The molecule has 3 aliphatic rings. The van der Waals surface area contributed by atoms with Crippen LogP contribution in [0.1, 0.15) is 74.7 Å². The molecule has 0 unspecified atom stereocenters. The minimum Gasteiger partial charge on any atom is -0.342 e. The Bertz CT molecular complexity index is 971. The van der Waals surface area contributed by atoms with Crippen molar-refractivity contribution in [2.24, 2.45) is 0 Å². The summed E-state index contributed by atoms with van der Waals surface area (Å²) in [6.45, 7) is 5.22. The molecule has 2 fully saturated rings. The van der Waals surface area contributed by atoms with Crippen molar-refractivity contribution in [3.63, 3.8) is 0 Å². The van der Waals surface area contributed by atoms with Crippen molar-refractivity contribution in [1.29, 1.82) is 0 Å². The van der Waals surface area contributed by atoms with E-state index in [2.05, 4.69) is 10.00 Å². The molecule has 0 bridgehead atoms. The van der Waals surface area contributed by atoms with Gasteiger partial charge in [-0.3, -0.25) is 19.6 Å². The van der Waals surface area contributed by atoms with E-state index in [0.717, 1.165) is 68.0 Å². The third-order valence-corrected chi connectivity index (χ3v) is 7.17. The van der Waals surface area contributed by atoms with Gasteiger partial charge < -0.3 is 4.90 Å². The van der Waals surface area contributed by atoms with Crippen molar-refractivity contribution < 1.29 is 4.79 Å². The molecule has 1 saturated heterocycles. The van der Waals surface area contributed by atoms with Crippen molar-refractivity contribution in [3.8, 4) is 0 Å². The first kappa shape index (κ1) is 18.9. The molecule has 0 radical (unpaired) electrons. The Labute approximate surface area is 171 Å². The van der Waals surface area contributed by atoms with Crippen LogP contribution < -0.4 is 5.56 Å². The van der Waals surface area contributed by atoms with Gasteiger partial charge in [0.25, 0.3) is 5.56 Å². The van der Waals surface area contributed by atoms with E-state index in [1.165, 1.54) is 25.7 Å². The fourth-order valence-corrected chi connectivity index (χ4v) is 5.49. The van der Waals surface area contributed by atoms with Gasteiger partial charge in [-0.15, -0.1) is 0 Å². The minimum absolute atomic E-state index is 0.0521. The second kappa shape index (κ2) is 7.59. The molecule has 1 atom stereocenters. The molecule has 0 aromatic carbocycles. The van der Waals surface area contributed by atoms with Crippen LogP contribution in [0, 0.1) is 0 Å². The molecular weight excluding hydrogens is 366 g/mol. The number of likely N-dealkylation sites (tertiary alicyclic amines) is 1. The first-order valence-corrected chi connectivity index (χ1v) is 11.3. The topological polar surface area (TPSA) is 73.7 Å². The average molecular weight is 398 g/mol. The highest BCUT2D eigenvalue weighted by Gasteiger charge is 2.30. The van der Waals surface area contributed by atoms with Crippen LogP contribution in [0.5, 0.6) is 0 Å². The molecule has 1 aliphatic carbocycles. The lowest BCUT2D eigenvalue weighted by atomic mass is 9.94. The van der Waals surface area contributed by atoms with Gasteiger partial charge in [-0.2, -0.15) is 0 Å². The second-order valence-electron chi connectivity index (χ2n) is 8.94. The van der Waals surface area contributed by atoms with Gasteiger partial charge in [0, 0.05) is 62.7 Å². The van der Waals surface area contributed by atoms with Crippen LogP contribution in [-0.2, 0) is 17.8 Å². The van der Waals surface area contributed by atoms with Gasteiger partial charge in [0.2, 0.25) is 5.91 Å². The number of carbonyl (C=O) groups excluding carboxylic acids is 1. The van der Waals surface area contributed by atoms with Gasteiger partial charge in [0.15, 0.2) is 5.65 Å². The molecule has 2 aromatic rings. The largest absolute Gasteiger partial charge is 0.342 e. The van der Waals surface area contributed by atoms with Crippen molar-refractivity contribution in [1.82, 2.24) is 24.4 Å². The number of piperidine rings is 1. The van der Waals surface area contributed by atoms with Crippen molar-refractivity contribution in [2.75, 3.05) is 19.6 Å². The number of hydrogen-bond donors (Lipinski definition) is 1. The summed E-state index contributed by atoms with van der Waals surface area (Å²) in [4.78, 5) is 34.7. The Kier molecular flexibility index (Phi) is 4.94.